The van der Waals surface area contributed by atoms with Crippen LogP contribution in [0.5, 0.6) is 11.8 Å². The van der Waals surface area contributed by atoms with E-state index in [-0.39, 0.29) is 11.3 Å². The molecule has 1 aromatic heterocycles. The van der Waals surface area contributed by atoms with Crippen LogP contribution >= 0.6 is 0 Å². The van der Waals surface area contributed by atoms with Crippen LogP contribution in [-0.2, 0) is 13.0 Å². The Bertz CT molecular complexity index is 1580. The van der Waals surface area contributed by atoms with Gasteiger partial charge in [-0.25, -0.2) is 4.39 Å². The number of benzene rings is 2. The smallest absolute Gasteiger partial charge is 0.316 e. The number of fused-ring (bicyclic) bond motifs is 5. The first-order chi connectivity index (χ1) is 20.5. The average molecular weight is 568 g/mol. The number of hydrogen-bond donors (Lipinski definition) is 2. The lowest BCUT2D eigenvalue weighted by Gasteiger charge is -2.35. The fourth-order valence-corrected chi connectivity index (χ4v) is 8.73. The highest BCUT2D eigenvalue weighted by Gasteiger charge is 2.49. The van der Waals surface area contributed by atoms with Gasteiger partial charge in [-0.15, -0.1) is 6.42 Å². The second-order valence-electron chi connectivity index (χ2n) is 13.2. The number of phenolic OH excluding ortho intramolecular Hbond substituents is 1. The Balaban J connectivity index is 1.16. The molecule has 2 bridgehead atoms. The lowest BCUT2D eigenvalue weighted by atomic mass is 9.85. The number of aromatic hydroxyl groups is 1. The van der Waals surface area contributed by atoms with Crippen LogP contribution in [0.1, 0.15) is 73.4 Å². The van der Waals surface area contributed by atoms with Crippen molar-refractivity contribution in [3.63, 3.8) is 0 Å². The number of halogens is 1. The molecule has 6 heterocycles. The fraction of sp³-hybridized carbons (Fsp3) is 0.529. The summed E-state index contributed by atoms with van der Waals surface area (Å²) in [5.74, 6) is 3.44. The minimum absolute atomic E-state index is 0.221. The van der Waals surface area contributed by atoms with Gasteiger partial charge in [-0.3, -0.25) is 4.90 Å². The first-order valence-electron chi connectivity index (χ1n) is 15.6. The molecule has 1 unspecified atom stereocenters. The lowest BCUT2D eigenvalue weighted by molar-refractivity contribution is 0.106. The van der Waals surface area contributed by atoms with Gasteiger partial charge in [-0.2, -0.15) is 9.97 Å². The lowest BCUT2D eigenvalue weighted by Crippen LogP contribution is -2.43. The summed E-state index contributed by atoms with van der Waals surface area (Å²) in [6.45, 7) is 3.24. The normalized spacial score (nSPS) is 30.3. The molecule has 42 heavy (non-hydrogen) atoms. The van der Waals surface area contributed by atoms with Crippen molar-refractivity contribution in [3.8, 4) is 24.1 Å². The number of anilines is 1. The van der Waals surface area contributed by atoms with Crippen LogP contribution in [-0.4, -0.2) is 70.0 Å². The molecule has 8 rings (SSSR count). The molecule has 5 aliphatic heterocycles. The standard InChI is InChI=1S/C34H38FN5O2/c1-2-21-5-3-6-22-15-27(41)16-30(31(21)22)39-12-9-28-29(19-39)37-33(38-32(28)23-13-25-7-8-26(14-23)36-25)42-20-34-10-4-11-40(34)18-24(35)17-34/h1,3,5-6,15-16,23-26,36,41H,4,7-14,17-20H2/t23?,24-,25-,26+,34+/m1/s1. The molecule has 0 amide bonds. The van der Waals surface area contributed by atoms with E-state index in [9.17, 15) is 9.50 Å². The molecule has 0 radical (unpaired) electrons. The second-order valence-corrected chi connectivity index (χ2v) is 13.2. The van der Waals surface area contributed by atoms with Gasteiger partial charge in [0.2, 0.25) is 0 Å². The van der Waals surface area contributed by atoms with E-state index in [1.165, 1.54) is 18.4 Å². The van der Waals surface area contributed by atoms with E-state index in [0.717, 1.165) is 78.6 Å². The summed E-state index contributed by atoms with van der Waals surface area (Å²) in [5, 5.41) is 16.3. The van der Waals surface area contributed by atoms with Crippen molar-refractivity contribution in [1.29, 1.82) is 0 Å². The number of piperidine rings is 1. The maximum Gasteiger partial charge on any atom is 0.316 e. The molecular formula is C34H38FN5O2. The SMILES string of the molecule is C#Cc1cccc2cc(O)cc(N3CCc4c(nc(OC[C@@]56CCCN5C[C@H](F)C6)nc4C4C[C@H]5CC[C@@H](C4)N5)C3)c12. The number of nitrogens with zero attached hydrogens (tertiary/aromatic N) is 4. The second kappa shape index (κ2) is 10.1. The van der Waals surface area contributed by atoms with Gasteiger partial charge >= 0.3 is 6.01 Å². The summed E-state index contributed by atoms with van der Waals surface area (Å²) in [6, 6.07) is 11.0. The topological polar surface area (TPSA) is 73.8 Å². The molecule has 5 atom stereocenters. The highest BCUT2D eigenvalue weighted by Crippen LogP contribution is 2.43. The molecule has 2 aromatic carbocycles. The van der Waals surface area contributed by atoms with E-state index in [0.29, 0.717) is 50.1 Å². The largest absolute Gasteiger partial charge is 0.508 e. The molecule has 218 valence electrons. The van der Waals surface area contributed by atoms with Crippen molar-refractivity contribution >= 4 is 16.5 Å². The molecule has 2 N–H and O–H groups in total. The highest BCUT2D eigenvalue weighted by atomic mass is 19.1. The maximum absolute atomic E-state index is 14.5. The number of aromatic nitrogens is 2. The minimum Gasteiger partial charge on any atom is -0.508 e. The Morgan fingerprint density at radius 3 is 2.86 bits per heavy atom. The van der Waals surface area contributed by atoms with Crippen molar-refractivity contribution in [2.75, 3.05) is 31.1 Å². The molecule has 0 spiro atoms. The van der Waals surface area contributed by atoms with E-state index in [2.05, 4.69) is 21.0 Å². The third kappa shape index (κ3) is 4.40. The Kier molecular flexibility index (Phi) is 6.31. The van der Waals surface area contributed by atoms with Crippen molar-refractivity contribution in [2.45, 2.75) is 87.6 Å². The number of nitrogens with one attached hydrogen (secondary N) is 1. The molecule has 3 aromatic rings. The zero-order valence-electron chi connectivity index (χ0n) is 24.0. The van der Waals surface area contributed by atoms with Crippen LogP contribution < -0.4 is 15.0 Å². The van der Waals surface area contributed by atoms with E-state index >= 15 is 0 Å². The van der Waals surface area contributed by atoms with Crippen molar-refractivity contribution in [1.82, 2.24) is 20.2 Å². The number of terminal acetylenes is 1. The average Bonchev–Trinajstić information content (AvgIpc) is 3.64. The number of hydrogen-bond acceptors (Lipinski definition) is 7. The van der Waals surface area contributed by atoms with Gasteiger partial charge in [-0.05, 0) is 74.6 Å². The van der Waals surface area contributed by atoms with Crippen LogP contribution in [0.25, 0.3) is 10.8 Å². The van der Waals surface area contributed by atoms with Crippen molar-refractivity contribution in [3.05, 3.63) is 52.8 Å². The van der Waals surface area contributed by atoms with Gasteiger partial charge in [-0.1, -0.05) is 18.1 Å². The van der Waals surface area contributed by atoms with E-state index < -0.39 is 6.17 Å². The molecule has 8 heteroatoms. The molecule has 0 saturated carbocycles. The monoisotopic (exact) mass is 567 g/mol. The summed E-state index contributed by atoms with van der Waals surface area (Å²) < 4.78 is 20.9. The van der Waals surface area contributed by atoms with E-state index in [4.69, 9.17) is 21.1 Å². The zero-order valence-corrected chi connectivity index (χ0v) is 24.0. The minimum atomic E-state index is -0.794. The van der Waals surface area contributed by atoms with Gasteiger partial charge in [0, 0.05) is 60.2 Å². The van der Waals surface area contributed by atoms with Crippen molar-refractivity contribution < 1.29 is 14.2 Å². The molecule has 5 aliphatic rings. The Hall–Kier alpha value is -3.41. The summed E-state index contributed by atoms with van der Waals surface area (Å²) in [4.78, 5) is 14.7. The predicted molar refractivity (Wildman–Crippen MR) is 161 cm³/mol. The van der Waals surface area contributed by atoms with Gasteiger partial charge in [0.25, 0.3) is 0 Å². The molecule has 7 nitrogen and oxygen atoms in total. The predicted octanol–water partition coefficient (Wildman–Crippen LogP) is 4.83. The first kappa shape index (κ1) is 26.2. The molecule has 4 saturated heterocycles. The number of alkyl halides is 1. The van der Waals surface area contributed by atoms with Crippen LogP contribution in [0, 0.1) is 12.3 Å². The van der Waals surface area contributed by atoms with E-state index in [1.54, 1.807) is 6.07 Å². The van der Waals surface area contributed by atoms with Crippen LogP contribution in [0.3, 0.4) is 0 Å². The summed E-state index contributed by atoms with van der Waals surface area (Å²) in [7, 11) is 0. The van der Waals surface area contributed by atoms with Gasteiger partial charge < -0.3 is 20.1 Å². The third-order valence-electron chi connectivity index (χ3n) is 10.6. The highest BCUT2D eigenvalue weighted by molar-refractivity contribution is 6.00. The zero-order chi connectivity index (χ0) is 28.4. The van der Waals surface area contributed by atoms with Gasteiger partial charge in [0.15, 0.2) is 0 Å². The van der Waals surface area contributed by atoms with Gasteiger partial charge in [0.1, 0.15) is 18.5 Å². The quantitative estimate of drug-likeness (QED) is 0.428. The Morgan fingerprint density at radius 1 is 1.17 bits per heavy atom. The molecule has 0 aliphatic carbocycles. The van der Waals surface area contributed by atoms with Gasteiger partial charge in [0.05, 0.1) is 23.5 Å². The summed E-state index contributed by atoms with van der Waals surface area (Å²) in [5.41, 5.74) is 4.87. The third-order valence-corrected chi connectivity index (χ3v) is 10.6. The van der Waals surface area contributed by atoms with Crippen LogP contribution in [0.15, 0.2) is 30.3 Å². The number of rotatable bonds is 5. The Morgan fingerprint density at radius 2 is 2.02 bits per heavy atom. The number of phenols is 1. The van der Waals surface area contributed by atoms with E-state index in [1.807, 2.05) is 24.3 Å². The Labute approximate surface area is 246 Å². The summed E-state index contributed by atoms with van der Waals surface area (Å²) >= 11 is 0. The fourth-order valence-electron chi connectivity index (χ4n) is 8.73. The first-order valence-corrected chi connectivity index (χ1v) is 15.6. The summed E-state index contributed by atoms with van der Waals surface area (Å²) in [6.07, 6.45) is 13.1. The number of ether oxygens (including phenoxy) is 1. The van der Waals surface area contributed by atoms with Crippen LogP contribution in [0.2, 0.25) is 0 Å². The van der Waals surface area contributed by atoms with Crippen LogP contribution in [0.4, 0.5) is 10.1 Å². The molecule has 4 fully saturated rings. The molecular weight excluding hydrogens is 529 g/mol. The maximum atomic E-state index is 14.5. The van der Waals surface area contributed by atoms with Crippen molar-refractivity contribution in [2.24, 2.45) is 0 Å².